The number of carbonyl (C=O) groups excluding carboxylic acids is 1. The first-order valence-electron chi connectivity index (χ1n) is 9.51. The van der Waals surface area contributed by atoms with E-state index in [0.717, 1.165) is 16.5 Å². The highest BCUT2D eigenvalue weighted by Crippen LogP contribution is 2.28. The maximum Gasteiger partial charge on any atom is 0.261 e. The van der Waals surface area contributed by atoms with E-state index in [0.29, 0.717) is 24.0 Å². The topological polar surface area (TPSA) is 55.2 Å². The van der Waals surface area contributed by atoms with Gasteiger partial charge >= 0.3 is 0 Å². The number of aromatic nitrogens is 2. The fraction of sp³-hybridized carbons (Fsp3) is 0.318. The van der Waals surface area contributed by atoms with E-state index in [1.807, 2.05) is 54.3 Å². The predicted molar refractivity (Wildman–Crippen MR) is 115 cm³/mol. The van der Waals surface area contributed by atoms with Gasteiger partial charge in [0.05, 0.1) is 23.3 Å². The van der Waals surface area contributed by atoms with E-state index in [4.69, 9.17) is 0 Å². The van der Waals surface area contributed by atoms with Gasteiger partial charge in [-0.25, -0.2) is 4.98 Å². The summed E-state index contributed by atoms with van der Waals surface area (Å²) in [5.41, 5.74) is 1.64. The molecule has 0 spiro atoms. The molecule has 3 aromatic rings. The third-order valence-corrected chi connectivity index (χ3v) is 5.63. The van der Waals surface area contributed by atoms with E-state index in [9.17, 15) is 9.59 Å². The molecular formula is C22H24BrN3O2. The standard InChI is InChI=1S/C22H24BrN3O2/c1-3-13-26(16(2)17-8-4-6-10-19(17)23)21(27)12-14-25-15-24-20-11-7-5-9-18(20)22(25)28/h4-11,15-16H,3,12-14H2,1-2H3. The number of aryl methyl sites for hydroxylation is 1. The molecule has 0 saturated heterocycles. The van der Waals surface area contributed by atoms with E-state index >= 15 is 0 Å². The van der Waals surface area contributed by atoms with E-state index in [1.165, 1.54) is 10.9 Å². The van der Waals surface area contributed by atoms with Gasteiger partial charge in [-0.05, 0) is 37.1 Å². The summed E-state index contributed by atoms with van der Waals surface area (Å²) in [6.07, 6.45) is 2.66. The number of para-hydroxylation sites is 1. The summed E-state index contributed by atoms with van der Waals surface area (Å²) >= 11 is 3.58. The highest BCUT2D eigenvalue weighted by molar-refractivity contribution is 9.10. The van der Waals surface area contributed by atoms with Gasteiger partial charge in [-0.15, -0.1) is 0 Å². The van der Waals surface area contributed by atoms with Crippen molar-refractivity contribution in [1.29, 1.82) is 0 Å². The average molecular weight is 442 g/mol. The summed E-state index contributed by atoms with van der Waals surface area (Å²) in [5, 5.41) is 0.574. The number of fused-ring (bicyclic) bond motifs is 1. The molecule has 1 heterocycles. The molecule has 3 rings (SSSR count). The molecule has 1 aromatic heterocycles. The maximum atomic E-state index is 13.0. The van der Waals surface area contributed by atoms with Gasteiger partial charge in [0.1, 0.15) is 0 Å². The van der Waals surface area contributed by atoms with Crippen LogP contribution in [0, 0.1) is 0 Å². The van der Waals surface area contributed by atoms with Gasteiger partial charge in [0.25, 0.3) is 5.56 Å². The SMILES string of the molecule is CCCN(C(=O)CCn1cnc2ccccc2c1=O)C(C)c1ccccc1Br. The lowest BCUT2D eigenvalue weighted by atomic mass is 10.1. The molecule has 0 radical (unpaired) electrons. The van der Waals surface area contributed by atoms with Crippen molar-refractivity contribution < 1.29 is 4.79 Å². The Morgan fingerprint density at radius 1 is 1.18 bits per heavy atom. The molecule has 1 atom stereocenters. The highest BCUT2D eigenvalue weighted by atomic mass is 79.9. The van der Waals surface area contributed by atoms with Gasteiger partial charge in [-0.3, -0.25) is 14.2 Å². The van der Waals surface area contributed by atoms with Crippen LogP contribution in [0.2, 0.25) is 0 Å². The summed E-state index contributed by atoms with van der Waals surface area (Å²) in [7, 11) is 0. The lowest BCUT2D eigenvalue weighted by molar-refractivity contribution is -0.133. The molecule has 5 nitrogen and oxygen atoms in total. The number of benzene rings is 2. The Labute approximate surface area is 173 Å². The summed E-state index contributed by atoms with van der Waals surface area (Å²) in [6.45, 7) is 5.09. The lowest BCUT2D eigenvalue weighted by Gasteiger charge is -2.30. The number of hydrogen-bond acceptors (Lipinski definition) is 3. The Kier molecular flexibility index (Phi) is 6.62. The highest BCUT2D eigenvalue weighted by Gasteiger charge is 2.22. The zero-order valence-corrected chi connectivity index (χ0v) is 17.7. The quantitative estimate of drug-likeness (QED) is 0.540. The Hall–Kier alpha value is -2.47. The molecule has 0 aliphatic heterocycles. The van der Waals surface area contributed by atoms with Crippen molar-refractivity contribution in [2.75, 3.05) is 6.54 Å². The summed E-state index contributed by atoms with van der Waals surface area (Å²) in [6, 6.07) is 15.2. The molecule has 2 aromatic carbocycles. The van der Waals surface area contributed by atoms with Crippen LogP contribution in [0.15, 0.2) is 64.1 Å². The van der Waals surface area contributed by atoms with Crippen LogP contribution in [0.3, 0.4) is 0 Å². The Morgan fingerprint density at radius 3 is 2.64 bits per heavy atom. The number of halogens is 1. The Balaban J connectivity index is 1.77. The van der Waals surface area contributed by atoms with Crippen LogP contribution >= 0.6 is 15.9 Å². The summed E-state index contributed by atoms with van der Waals surface area (Å²) in [5.74, 6) is 0.0326. The monoisotopic (exact) mass is 441 g/mol. The molecule has 146 valence electrons. The normalized spacial score (nSPS) is 12.1. The maximum absolute atomic E-state index is 13.0. The van der Waals surface area contributed by atoms with Gasteiger partial charge in [0.15, 0.2) is 0 Å². The molecule has 0 N–H and O–H groups in total. The molecule has 6 heteroatoms. The largest absolute Gasteiger partial charge is 0.336 e. The number of nitrogens with zero attached hydrogens (tertiary/aromatic N) is 3. The van der Waals surface area contributed by atoms with Gasteiger partial charge in [0, 0.05) is 24.0 Å². The number of amides is 1. The molecule has 0 aliphatic rings. The van der Waals surface area contributed by atoms with Crippen LogP contribution in [0.4, 0.5) is 0 Å². The predicted octanol–water partition coefficient (Wildman–Crippen LogP) is 4.55. The molecule has 0 fully saturated rings. The fourth-order valence-corrected chi connectivity index (χ4v) is 4.00. The second-order valence-electron chi connectivity index (χ2n) is 6.79. The Bertz CT molecular complexity index is 1030. The van der Waals surface area contributed by atoms with Crippen LogP contribution in [-0.4, -0.2) is 26.9 Å². The molecule has 0 bridgehead atoms. The Morgan fingerprint density at radius 2 is 1.89 bits per heavy atom. The smallest absolute Gasteiger partial charge is 0.261 e. The minimum absolute atomic E-state index is 0.0326. The van der Waals surface area contributed by atoms with Gasteiger partial charge in [0.2, 0.25) is 5.91 Å². The second kappa shape index (κ2) is 9.15. The first-order chi connectivity index (χ1) is 13.5. The van der Waals surface area contributed by atoms with Crippen molar-refractivity contribution in [2.45, 2.75) is 39.3 Å². The van der Waals surface area contributed by atoms with E-state index in [-0.39, 0.29) is 23.9 Å². The first-order valence-corrected chi connectivity index (χ1v) is 10.3. The minimum atomic E-state index is -0.112. The first kappa shape index (κ1) is 20.3. The van der Waals surface area contributed by atoms with E-state index in [2.05, 4.69) is 27.8 Å². The average Bonchev–Trinajstić information content (AvgIpc) is 2.71. The third kappa shape index (κ3) is 4.33. The molecular weight excluding hydrogens is 418 g/mol. The number of rotatable bonds is 7. The van der Waals surface area contributed by atoms with Crippen LogP contribution in [0.5, 0.6) is 0 Å². The fourth-order valence-electron chi connectivity index (χ4n) is 3.38. The number of hydrogen-bond donors (Lipinski definition) is 0. The minimum Gasteiger partial charge on any atom is -0.336 e. The molecule has 1 unspecified atom stereocenters. The van der Waals surface area contributed by atoms with Crippen molar-refractivity contribution >= 4 is 32.7 Å². The van der Waals surface area contributed by atoms with Gasteiger partial charge in [-0.2, -0.15) is 0 Å². The molecule has 28 heavy (non-hydrogen) atoms. The van der Waals surface area contributed by atoms with Crippen molar-refractivity contribution in [3.8, 4) is 0 Å². The van der Waals surface area contributed by atoms with Crippen molar-refractivity contribution in [2.24, 2.45) is 0 Å². The summed E-state index contributed by atoms with van der Waals surface area (Å²) in [4.78, 5) is 31.8. The zero-order valence-electron chi connectivity index (χ0n) is 16.1. The van der Waals surface area contributed by atoms with Gasteiger partial charge < -0.3 is 4.90 Å². The molecule has 1 amide bonds. The van der Waals surface area contributed by atoms with Crippen LogP contribution in [-0.2, 0) is 11.3 Å². The van der Waals surface area contributed by atoms with Crippen molar-refractivity contribution in [3.05, 3.63) is 75.2 Å². The van der Waals surface area contributed by atoms with E-state index in [1.54, 1.807) is 6.07 Å². The zero-order chi connectivity index (χ0) is 20.1. The molecule has 0 saturated carbocycles. The van der Waals surface area contributed by atoms with Crippen molar-refractivity contribution in [1.82, 2.24) is 14.5 Å². The third-order valence-electron chi connectivity index (χ3n) is 4.91. The molecule has 0 aliphatic carbocycles. The van der Waals surface area contributed by atoms with Crippen LogP contribution in [0.25, 0.3) is 10.9 Å². The second-order valence-corrected chi connectivity index (χ2v) is 7.65. The van der Waals surface area contributed by atoms with Gasteiger partial charge in [-0.1, -0.05) is 53.2 Å². The summed E-state index contributed by atoms with van der Waals surface area (Å²) < 4.78 is 2.51. The van der Waals surface area contributed by atoms with Crippen LogP contribution < -0.4 is 5.56 Å². The van der Waals surface area contributed by atoms with Crippen LogP contribution in [0.1, 0.15) is 38.3 Å². The lowest BCUT2D eigenvalue weighted by Crippen LogP contribution is -2.35. The van der Waals surface area contributed by atoms with E-state index < -0.39 is 0 Å². The van der Waals surface area contributed by atoms with Crippen molar-refractivity contribution in [3.63, 3.8) is 0 Å². The number of carbonyl (C=O) groups is 1.